The predicted molar refractivity (Wildman–Crippen MR) is 72.5 cm³/mol. The molecule has 0 saturated carbocycles. The van der Waals surface area contributed by atoms with Gasteiger partial charge >= 0.3 is 29.7 Å². The number of ether oxygens (including phenoxy) is 1. The molecule has 0 amide bonds. The molecule has 0 heterocycles. The number of rotatable bonds is 10. The average Bonchev–Trinajstić information content (AvgIpc) is 2.41. The van der Waals surface area contributed by atoms with Crippen molar-refractivity contribution in [3.05, 3.63) is 12.2 Å². The number of hydrogen-bond acceptors (Lipinski definition) is 4. The van der Waals surface area contributed by atoms with Gasteiger partial charge in [0.2, 0.25) is 0 Å². The molecule has 0 aromatic rings. The van der Waals surface area contributed by atoms with E-state index in [9.17, 15) is 45.0 Å². The number of hydrogen-bond donors (Lipinski definition) is 2. The molecule has 2 unspecified atom stereocenters. The second-order valence-electron chi connectivity index (χ2n) is 5.85. The standard InChI is InChI=1S/C14H18F8O4/c1-7(2)10(25)26-6-9(24)5-12(17,18)14(21,22)13(19,20)11(15,16)4-8(3)23/h8-9,23-24H,1,4-6H2,2-3H3. The van der Waals surface area contributed by atoms with E-state index in [0.717, 1.165) is 6.92 Å². The normalized spacial score (nSPS) is 16.2. The first-order chi connectivity index (χ1) is 11.4. The fourth-order valence-corrected chi connectivity index (χ4v) is 1.74. The number of aliphatic hydroxyl groups is 2. The number of aliphatic hydroxyl groups excluding tert-OH is 2. The highest BCUT2D eigenvalue weighted by Gasteiger charge is 2.80. The van der Waals surface area contributed by atoms with E-state index in [-0.39, 0.29) is 5.57 Å². The summed E-state index contributed by atoms with van der Waals surface area (Å²) in [6.07, 6.45) is -9.29. The van der Waals surface area contributed by atoms with Gasteiger partial charge in [-0.25, -0.2) is 4.79 Å². The minimum atomic E-state index is -6.57. The van der Waals surface area contributed by atoms with E-state index in [0.29, 0.717) is 6.92 Å². The van der Waals surface area contributed by atoms with Gasteiger partial charge in [0.15, 0.2) is 0 Å². The zero-order valence-corrected chi connectivity index (χ0v) is 13.7. The van der Waals surface area contributed by atoms with Crippen molar-refractivity contribution in [2.24, 2.45) is 0 Å². The molecule has 154 valence electrons. The van der Waals surface area contributed by atoms with Gasteiger partial charge < -0.3 is 14.9 Å². The van der Waals surface area contributed by atoms with Gasteiger partial charge in [-0.15, -0.1) is 0 Å². The van der Waals surface area contributed by atoms with Gasteiger partial charge in [-0.3, -0.25) is 0 Å². The zero-order chi connectivity index (χ0) is 21.1. The van der Waals surface area contributed by atoms with E-state index < -0.39 is 61.3 Å². The van der Waals surface area contributed by atoms with E-state index in [1.165, 1.54) is 0 Å². The van der Waals surface area contributed by atoms with Crippen molar-refractivity contribution in [3.8, 4) is 0 Å². The average molecular weight is 402 g/mol. The molecule has 4 nitrogen and oxygen atoms in total. The van der Waals surface area contributed by atoms with Crippen LogP contribution in [0.15, 0.2) is 12.2 Å². The molecule has 0 aliphatic heterocycles. The van der Waals surface area contributed by atoms with Crippen LogP contribution >= 0.6 is 0 Å². The third-order valence-electron chi connectivity index (χ3n) is 3.11. The monoisotopic (exact) mass is 402 g/mol. The summed E-state index contributed by atoms with van der Waals surface area (Å²) in [5, 5.41) is 17.9. The minimum Gasteiger partial charge on any atom is -0.460 e. The first kappa shape index (κ1) is 24.6. The van der Waals surface area contributed by atoms with Crippen molar-refractivity contribution in [1.29, 1.82) is 0 Å². The Labute approximate surface area is 143 Å². The maximum atomic E-state index is 13.6. The van der Waals surface area contributed by atoms with E-state index >= 15 is 0 Å². The third kappa shape index (κ3) is 5.29. The summed E-state index contributed by atoms with van der Waals surface area (Å²) in [4.78, 5) is 11.0. The molecule has 2 atom stereocenters. The summed E-state index contributed by atoms with van der Waals surface area (Å²) in [5.41, 5.74) is -0.224. The van der Waals surface area contributed by atoms with Gasteiger partial charge in [-0.2, -0.15) is 35.1 Å². The summed E-state index contributed by atoms with van der Waals surface area (Å²) in [7, 11) is 0. The van der Waals surface area contributed by atoms with Crippen molar-refractivity contribution in [1.82, 2.24) is 0 Å². The first-order valence-electron chi connectivity index (χ1n) is 7.09. The highest BCUT2D eigenvalue weighted by Crippen LogP contribution is 2.55. The maximum Gasteiger partial charge on any atom is 0.378 e. The number of esters is 1. The van der Waals surface area contributed by atoms with Gasteiger partial charge in [0, 0.05) is 18.4 Å². The van der Waals surface area contributed by atoms with Crippen LogP contribution in [0.3, 0.4) is 0 Å². The van der Waals surface area contributed by atoms with Gasteiger partial charge in [-0.1, -0.05) is 6.58 Å². The lowest BCUT2D eigenvalue weighted by atomic mass is 9.92. The molecule has 0 fully saturated rings. The van der Waals surface area contributed by atoms with E-state index in [4.69, 9.17) is 5.11 Å². The van der Waals surface area contributed by atoms with Crippen LogP contribution in [0.4, 0.5) is 35.1 Å². The smallest absolute Gasteiger partial charge is 0.378 e. The Morgan fingerprint density at radius 1 is 0.962 bits per heavy atom. The second kappa shape index (κ2) is 8.07. The van der Waals surface area contributed by atoms with Crippen LogP contribution in [0, 0.1) is 0 Å². The van der Waals surface area contributed by atoms with Crippen LogP contribution in [0.25, 0.3) is 0 Å². The molecule has 12 heteroatoms. The van der Waals surface area contributed by atoms with Crippen LogP contribution in [-0.2, 0) is 9.53 Å². The molecule has 0 aromatic heterocycles. The lowest BCUT2D eigenvalue weighted by Crippen LogP contribution is -2.63. The number of carbonyl (C=O) groups excluding carboxylic acids is 1. The molecule has 0 aromatic carbocycles. The van der Waals surface area contributed by atoms with Crippen LogP contribution in [0.1, 0.15) is 26.7 Å². The Balaban J connectivity index is 5.34. The van der Waals surface area contributed by atoms with Gasteiger partial charge in [0.05, 0.1) is 12.2 Å². The van der Waals surface area contributed by atoms with E-state index in [1.54, 1.807) is 0 Å². The second-order valence-corrected chi connectivity index (χ2v) is 5.85. The van der Waals surface area contributed by atoms with Crippen LogP contribution in [0.5, 0.6) is 0 Å². The summed E-state index contributed by atoms with van der Waals surface area (Å²) < 4.78 is 112. The van der Waals surface area contributed by atoms with Crippen LogP contribution in [0.2, 0.25) is 0 Å². The Morgan fingerprint density at radius 2 is 1.35 bits per heavy atom. The van der Waals surface area contributed by atoms with Gasteiger partial charge in [-0.05, 0) is 13.8 Å². The predicted octanol–water partition coefficient (Wildman–Crippen LogP) is 3.17. The minimum absolute atomic E-state index is 0.224. The highest BCUT2D eigenvalue weighted by atomic mass is 19.4. The number of alkyl halides is 8. The summed E-state index contributed by atoms with van der Waals surface area (Å²) >= 11 is 0. The lowest BCUT2D eigenvalue weighted by Gasteiger charge is -2.37. The Morgan fingerprint density at radius 3 is 1.69 bits per heavy atom. The van der Waals surface area contributed by atoms with Crippen molar-refractivity contribution >= 4 is 5.97 Å². The van der Waals surface area contributed by atoms with Crippen molar-refractivity contribution in [2.45, 2.75) is 62.6 Å². The SMILES string of the molecule is C=C(C)C(=O)OCC(O)CC(F)(F)C(F)(F)C(F)(F)C(F)(F)CC(C)O. The molecular weight excluding hydrogens is 384 g/mol. The van der Waals surface area contributed by atoms with Crippen molar-refractivity contribution in [3.63, 3.8) is 0 Å². The molecule has 0 bridgehead atoms. The summed E-state index contributed by atoms with van der Waals surface area (Å²) in [6.45, 7) is 3.56. The van der Waals surface area contributed by atoms with Gasteiger partial charge in [0.1, 0.15) is 6.61 Å². The topological polar surface area (TPSA) is 66.8 Å². The lowest BCUT2D eigenvalue weighted by molar-refractivity contribution is -0.372. The molecule has 0 aliphatic carbocycles. The maximum absolute atomic E-state index is 13.6. The van der Waals surface area contributed by atoms with Gasteiger partial charge in [0.25, 0.3) is 0 Å². The number of carbonyl (C=O) groups is 1. The Kier molecular flexibility index (Phi) is 7.63. The fraction of sp³-hybridized carbons (Fsp3) is 0.786. The van der Waals surface area contributed by atoms with Crippen LogP contribution < -0.4 is 0 Å². The van der Waals surface area contributed by atoms with E-state index in [2.05, 4.69) is 11.3 Å². The molecule has 0 spiro atoms. The molecule has 26 heavy (non-hydrogen) atoms. The first-order valence-corrected chi connectivity index (χ1v) is 7.09. The molecule has 0 saturated heterocycles. The molecule has 0 radical (unpaired) electrons. The summed E-state index contributed by atoms with van der Waals surface area (Å²) in [6, 6.07) is 0. The van der Waals surface area contributed by atoms with Crippen molar-refractivity contribution < 1.29 is 54.9 Å². The Hall–Kier alpha value is -1.43. The molecular formula is C14H18F8O4. The van der Waals surface area contributed by atoms with Crippen LogP contribution in [-0.4, -0.2) is 58.7 Å². The quantitative estimate of drug-likeness (QED) is 0.335. The van der Waals surface area contributed by atoms with E-state index in [1.807, 2.05) is 0 Å². The third-order valence-corrected chi connectivity index (χ3v) is 3.11. The van der Waals surface area contributed by atoms with Crippen molar-refractivity contribution in [2.75, 3.05) is 6.61 Å². The highest BCUT2D eigenvalue weighted by molar-refractivity contribution is 5.86. The fourth-order valence-electron chi connectivity index (χ4n) is 1.74. The Bertz CT molecular complexity index is 519. The summed E-state index contributed by atoms with van der Waals surface area (Å²) in [5.74, 6) is -25.7. The zero-order valence-electron chi connectivity index (χ0n) is 13.7. The molecule has 2 N–H and O–H groups in total. The largest absolute Gasteiger partial charge is 0.460 e. The molecule has 0 rings (SSSR count). The number of halogens is 8. The molecule has 0 aliphatic rings.